The van der Waals surface area contributed by atoms with Crippen LogP contribution in [0.3, 0.4) is 0 Å². The van der Waals surface area contributed by atoms with Crippen molar-refractivity contribution < 1.29 is 4.79 Å². The molecule has 0 aliphatic rings. The van der Waals surface area contributed by atoms with Gasteiger partial charge in [-0.2, -0.15) is 0 Å². The summed E-state index contributed by atoms with van der Waals surface area (Å²) in [6, 6.07) is 0.0960. The van der Waals surface area contributed by atoms with E-state index in [4.69, 9.17) is 5.73 Å². The number of amides is 2. The molecule has 0 aromatic carbocycles. The van der Waals surface area contributed by atoms with Crippen LogP contribution in [0.15, 0.2) is 0 Å². The third-order valence-electron chi connectivity index (χ3n) is 2.73. The van der Waals surface area contributed by atoms with Gasteiger partial charge >= 0.3 is 6.03 Å². The Balaban J connectivity index is 4.43. The number of carbonyl (C=O) groups is 1. The quantitative estimate of drug-likeness (QED) is 0.717. The van der Waals surface area contributed by atoms with Crippen LogP contribution in [0.25, 0.3) is 0 Å². The highest BCUT2D eigenvalue weighted by atomic mass is 16.2. The van der Waals surface area contributed by atoms with Crippen LogP contribution in [0.4, 0.5) is 4.79 Å². The number of hydrogen-bond donors (Lipinski definition) is 2. The average molecular weight is 201 g/mol. The summed E-state index contributed by atoms with van der Waals surface area (Å²) in [5.41, 5.74) is 5.41. The Bertz CT molecular complexity index is 188. The second kappa shape index (κ2) is 5.20. The fraction of sp³-hybridized carbons (Fsp3) is 0.900. The van der Waals surface area contributed by atoms with Gasteiger partial charge in [0, 0.05) is 19.6 Å². The zero-order chi connectivity index (χ0) is 11.4. The number of rotatable bonds is 4. The van der Waals surface area contributed by atoms with Crippen molar-refractivity contribution in [3.05, 3.63) is 0 Å². The van der Waals surface area contributed by atoms with Crippen molar-refractivity contribution in [2.75, 3.05) is 13.6 Å². The van der Waals surface area contributed by atoms with E-state index >= 15 is 0 Å². The smallest absolute Gasteiger partial charge is 0.317 e. The zero-order valence-electron chi connectivity index (χ0n) is 9.92. The van der Waals surface area contributed by atoms with Crippen molar-refractivity contribution >= 4 is 6.03 Å². The standard InChI is InChI=1S/C10H23N3O/c1-6-10(4,7-11)13(5)9(14)12-8(2)3/h8H,6-7,11H2,1-5H3,(H,12,14). The fourth-order valence-electron chi connectivity index (χ4n) is 1.11. The molecule has 0 spiro atoms. The van der Waals surface area contributed by atoms with Crippen LogP contribution in [0.2, 0.25) is 0 Å². The molecule has 0 bridgehead atoms. The van der Waals surface area contributed by atoms with Gasteiger partial charge in [0.1, 0.15) is 0 Å². The summed E-state index contributed by atoms with van der Waals surface area (Å²) in [5, 5.41) is 2.85. The normalized spacial score (nSPS) is 15.1. The van der Waals surface area contributed by atoms with Crippen molar-refractivity contribution in [3.63, 3.8) is 0 Å². The summed E-state index contributed by atoms with van der Waals surface area (Å²) in [6.45, 7) is 8.39. The van der Waals surface area contributed by atoms with Gasteiger partial charge in [-0.3, -0.25) is 0 Å². The molecule has 0 aliphatic heterocycles. The largest absolute Gasteiger partial charge is 0.336 e. The van der Waals surface area contributed by atoms with Gasteiger partial charge in [-0.25, -0.2) is 4.79 Å². The summed E-state index contributed by atoms with van der Waals surface area (Å²) >= 11 is 0. The highest BCUT2D eigenvalue weighted by Gasteiger charge is 2.29. The topological polar surface area (TPSA) is 58.4 Å². The lowest BCUT2D eigenvalue weighted by Gasteiger charge is -2.37. The third-order valence-corrected chi connectivity index (χ3v) is 2.73. The summed E-state index contributed by atoms with van der Waals surface area (Å²) in [6.07, 6.45) is 0.853. The SMILES string of the molecule is CCC(C)(CN)N(C)C(=O)NC(C)C. The number of hydrogen-bond acceptors (Lipinski definition) is 2. The molecule has 0 aromatic rings. The van der Waals surface area contributed by atoms with E-state index in [1.165, 1.54) is 0 Å². The van der Waals surface area contributed by atoms with Crippen LogP contribution < -0.4 is 11.1 Å². The molecule has 2 amide bonds. The van der Waals surface area contributed by atoms with E-state index in [0.717, 1.165) is 6.42 Å². The van der Waals surface area contributed by atoms with Gasteiger partial charge in [-0.1, -0.05) is 6.92 Å². The summed E-state index contributed by atoms with van der Waals surface area (Å²) in [5.74, 6) is 0. The molecule has 0 rings (SSSR count). The molecule has 1 atom stereocenters. The predicted octanol–water partition coefficient (Wildman–Crippen LogP) is 1.16. The Kier molecular flexibility index (Phi) is 4.91. The third kappa shape index (κ3) is 3.18. The highest BCUT2D eigenvalue weighted by molar-refractivity contribution is 5.75. The van der Waals surface area contributed by atoms with Gasteiger partial charge < -0.3 is 16.0 Å². The van der Waals surface area contributed by atoms with Gasteiger partial charge in [0.05, 0.1) is 5.54 Å². The van der Waals surface area contributed by atoms with Crippen LogP contribution in [-0.2, 0) is 0 Å². The monoisotopic (exact) mass is 201 g/mol. The van der Waals surface area contributed by atoms with E-state index in [1.54, 1.807) is 11.9 Å². The van der Waals surface area contributed by atoms with E-state index in [2.05, 4.69) is 5.32 Å². The molecule has 84 valence electrons. The molecule has 0 saturated carbocycles. The Labute approximate surface area is 86.8 Å². The number of carbonyl (C=O) groups excluding carboxylic acids is 1. The molecule has 0 aliphatic carbocycles. The molecule has 3 N–H and O–H groups in total. The highest BCUT2D eigenvalue weighted by Crippen LogP contribution is 2.15. The molecule has 4 heteroatoms. The van der Waals surface area contributed by atoms with Crippen LogP contribution in [0, 0.1) is 0 Å². The lowest BCUT2D eigenvalue weighted by molar-refractivity contribution is 0.144. The van der Waals surface area contributed by atoms with Crippen molar-refractivity contribution in [1.29, 1.82) is 0 Å². The maximum Gasteiger partial charge on any atom is 0.317 e. The summed E-state index contributed by atoms with van der Waals surface area (Å²) in [7, 11) is 1.79. The predicted molar refractivity (Wildman–Crippen MR) is 59.2 cm³/mol. The van der Waals surface area contributed by atoms with E-state index in [-0.39, 0.29) is 17.6 Å². The number of nitrogens with one attached hydrogen (secondary N) is 1. The molecule has 1 unspecified atom stereocenters. The minimum absolute atomic E-state index is 0.0604. The molecule has 0 heterocycles. The van der Waals surface area contributed by atoms with Gasteiger partial charge in [0.2, 0.25) is 0 Å². The van der Waals surface area contributed by atoms with Crippen molar-refractivity contribution in [2.24, 2.45) is 5.73 Å². The van der Waals surface area contributed by atoms with Crippen LogP contribution in [0.5, 0.6) is 0 Å². The van der Waals surface area contributed by atoms with Gasteiger partial charge in [0.25, 0.3) is 0 Å². The van der Waals surface area contributed by atoms with Gasteiger partial charge in [-0.05, 0) is 27.2 Å². The maximum absolute atomic E-state index is 11.7. The molecule has 0 aromatic heterocycles. The second-order valence-electron chi connectivity index (χ2n) is 4.22. The van der Waals surface area contributed by atoms with E-state index in [9.17, 15) is 4.79 Å². The molecule has 0 fully saturated rings. The average Bonchev–Trinajstić information content (AvgIpc) is 2.14. The van der Waals surface area contributed by atoms with Gasteiger partial charge in [-0.15, -0.1) is 0 Å². The molecular weight excluding hydrogens is 178 g/mol. The van der Waals surface area contributed by atoms with Crippen LogP contribution in [-0.4, -0.2) is 36.1 Å². The Morgan fingerprint density at radius 1 is 1.57 bits per heavy atom. The molecular formula is C10H23N3O. The zero-order valence-corrected chi connectivity index (χ0v) is 9.92. The van der Waals surface area contributed by atoms with E-state index in [0.29, 0.717) is 6.54 Å². The Morgan fingerprint density at radius 2 is 2.07 bits per heavy atom. The molecule has 4 nitrogen and oxygen atoms in total. The van der Waals surface area contributed by atoms with Gasteiger partial charge in [0.15, 0.2) is 0 Å². The first-order valence-corrected chi connectivity index (χ1v) is 5.11. The Hall–Kier alpha value is -0.770. The minimum Gasteiger partial charge on any atom is -0.336 e. The summed E-state index contributed by atoms with van der Waals surface area (Å²) < 4.78 is 0. The summed E-state index contributed by atoms with van der Waals surface area (Å²) in [4.78, 5) is 13.4. The molecule has 0 radical (unpaired) electrons. The number of urea groups is 1. The van der Waals surface area contributed by atoms with Crippen LogP contribution >= 0.6 is 0 Å². The number of nitrogens with zero attached hydrogens (tertiary/aromatic N) is 1. The lowest BCUT2D eigenvalue weighted by Crippen LogP contribution is -2.55. The number of likely N-dealkylation sites (N-methyl/N-ethyl adjacent to an activating group) is 1. The first-order valence-electron chi connectivity index (χ1n) is 5.11. The minimum atomic E-state index is -0.251. The maximum atomic E-state index is 11.7. The first kappa shape index (κ1) is 13.2. The van der Waals surface area contributed by atoms with E-state index < -0.39 is 0 Å². The lowest BCUT2D eigenvalue weighted by atomic mass is 9.97. The first-order chi connectivity index (χ1) is 6.37. The van der Waals surface area contributed by atoms with Crippen LogP contribution in [0.1, 0.15) is 34.1 Å². The fourth-order valence-corrected chi connectivity index (χ4v) is 1.11. The van der Waals surface area contributed by atoms with Crippen molar-refractivity contribution in [2.45, 2.75) is 45.7 Å². The van der Waals surface area contributed by atoms with E-state index in [1.807, 2.05) is 27.7 Å². The number of nitrogens with two attached hydrogens (primary N) is 1. The van der Waals surface area contributed by atoms with Crippen molar-refractivity contribution in [1.82, 2.24) is 10.2 Å². The second-order valence-corrected chi connectivity index (χ2v) is 4.22. The Morgan fingerprint density at radius 3 is 2.36 bits per heavy atom. The molecule has 0 saturated heterocycles. The molecule has 14 heavy (non-hydrogen) atoms. The van der Waals surface area contributed by atoms with Crippen molar-refractivity contribution in [3.8, 4) is 0 Å².